The van der Waals surface area contributed by atoms with Crippen LogP contribution in [0.25, 0.3) is 0 Å². The number of thiocarbonyl (C=S) groups is 1. The van der Waals surface area contributed by atoms with E-state index in [1.165, 1.54) is 11.6 Å². The SMILES string of the molecule is COc1ccc2c(c1)CCC1C2=NC(=S)NC1c1ccccc1F. The van der Waals surface area contributed by atoms with Gasteiger partial charge in [0, 0.05) is 11.5 Å². The molecule has 0 aromatic heterocycles. The molecule has 5 heteroatoms. The summed E-state index contributed by atoms with van der Waals surface area (Å²) in [5.74, 6) is 0.740. The largest absolute Gasteiger partial charge is 0.497 e. The van der Waals surface area contributed by atoms with Crippen molar-refractivity contribution in [3.05, 3.63) is 65.0 Å². The molecule has 3 nitrogen and oxygen atoms in total. The third-order valence-corrected chi connectivity index (χ3v) is 5.02. The summed E-state index contributed by atoms with van der Waals surface area (Å²) in [6, 6.07) is 12.7. The fourth-order valence-electron chi connectivity index (χ4n) is 3.67. The number of hydrogen-bond acceptors (Lipinski definition) is 2. The maximum absolute atomic E-state index is 14.3. The van der Waals surface area contributed by atoms with Crippen LogP contribution in [0.1, 0.15) is 29.2 Å². The Balaban J connectivity index is 1.79. The van der Waals surface area contributed by atoms with Gasteiger partial charge in [-0.15, -0.1) is 0 Å². The van der Waals surface area contributed by atoms with Crippen LogP contribution in [-0.4, -0.2) is 17.9 Å². The highest BCUT2D eigenvalue weighted by molar-refractivity contribution is 7.80. The molecular formula is C19H17FN2OS. The molecule has 1 N–H and O–H groups in total. The third kappa shape index (κ3) is 2.49. The van der Waals surface area contributed by atoms with E-state index in [-0.39, 0.29) is 17.8 Å². The standard InChI is InChI=1S/C19H17FN2OS/c1-23-12-7-9-13-11(10-12)6-8-15-17(13)21-19(24)22-18(15)14-4-2-3-5-16(14)20/h2-5,7,9-10,15,18H,6,8H2,1H3,(H,22,24). The van der Waals surface area contributed by atoms with Crippen molar-refractivity contribution in [1.29, 1.82) is 0 Å². The van der Waals surface area contributed by atoms with E-state index in [9.17, 15) is 4.39 Å². The number of hydrogen-bond donors (Lipinski definition) is 1. The van der Waals surface area contributed by atoms with E-state index in [4.69, 9.17) is 17.0 Å². The van der Waals surface area contributed by atoms with Crippen LogP contribution in [0, 0.1) is 11.7 Å². The number of fused-ring (bicyclic) bond motifs is 3. The van der Waals surface area contributed by atoms with Crippen molar-refractivity contribution in [2.75, 3.05) is 7.11 Å². The first-order valence-electron chi connectivity index (χ1n) is 7.98. The Morgan fingerprint density at radius 1 is 1.25 bits per heavy atom. The van der Waals surface area contributed by atoms with Crippen molar-refractivity contribution >= 4 is 23.0 Å². The number of nitrogens with zero attached hydrogens (tertiary/aromatic N) is 1. The van der Waals surface area contributed by atoms with Crippen molar-refractivity contribution in [2.45, 2.75) is 18.9 Å². The maximum atomic E-state index is 14.3. The minimum absolute atomic E-state index is 0.106. The smallest absolute Gasteiger partial charge is 0.193 e. The van der Waals surface area contributed by atoms with Gasteiger partial charge >= 0.3 is 0 Å². The molecule has 0 saturated heterocycles. The van der Waals surface area contributed by atoms with Crippen LogP contribution in [0.15, 0.2) is 47.5 Å². The highest BCUT2D eigenvalue weighted by Gasteiger charge is 2.37. The topological polar surface area (TPSA) is 33.6 Å². The lowest BCUT2D eigenvalue weighted by Crippen LogP contribution is -2.43. The Bertz CT molecular complexity index is 849. The zero-order chi connectivity index (χ0) is 16.7. The first-order valence-corrected chi connectivity index (χ1v) is 8.39. The molecule has 1 aliphatic carbocycles. The summed E-state index contributed by atoms with van der Waals surface area (Å²) < 4.78 is 19.6. The van der Waals surface area contributed by atoms with Gasteiger partial charge in [0.1, 0.15) is 11.6 Å². The fraction of sp³-hybridized carbons (Fsp3) is 0.263. The second kappa shape index (κ2) is 5.98. The number of aryl methyl sites for hydroxylation is 1. The van der Waals surface area contributed by atoms with Crippen molar-refractivity contribution < 1.29 is 9.13 Å². The minimum atomic E-state index is -0.209. The molecule has 0 spiro atoms. The Labute approximate surface area is 145 Å². The van der Waals surface area contributed by atoms with E-state index in [0.29, 0.717) is 10.7 Å². The predicted molar refractivity (Wildman–Crippen MR) is 96.2 cm³/mol. The molecule has 1 aliphatic heterocycles. The van der Waals surface area contributed by atoms with Crippen LogP contribution in [-0.2, 0) is 6.42 Å². The Kier molecular flexibility index (Phi) is 3.81. The molecule has 2 aliphatic rings. The van der Waals surface area contributed by atoms with Crippen LogP contribution in [0.4, 0.5) is 4.39 Å². The quantitative estimate of drug-likeness (QED) is 0.844. The number of benzene rings is 2. The zero-order valence-corrected chi connectivity index (χ0v) is 14.1. The van der Waals surface area contributed by atoms with E-state index in [0.717, 1.165) is 29.9 Å². The fourth-order valence-corrected chi connectivity index (χ4v) is 3.89. The second-order valence-electron chi connectivity index (χ2n) is 6.11. The average molecular weight is 340 g/mol. The molecule has 122 valence electrons. The molecule has 0 fully saturated rings. The van der Waals surface area contributed by atoms with Crippen molar-refractivity contribution in [3.63, 3.8) is 0 Å². The Morgan fingerprint density at radius 2 is 2.08 bits per heavy atom. The normalized spacial score (nSPS) is 22.1. The molecule has 2 aromatic rings. The van der Waals surface area contributed by atoms with Crippen LogP contribution in [0.2, 0.25) is 0 Å². The van der Waals surface area contributed by atoms with Crippen molar-refractivity contribution in [3.8, 4) is 5.75 Å². The van der Waals surface area contributed by atoms with Crippen LogP contribution < -0.4 is 10.1 Å². The van der Waals surface area contributed by atoms with Crippen molar-refractivity contribution in [2.24, 2.45) is 10.9 Å². The second-order valence-corrected chi connectivity index (χ2v) is 6.50. The molecular weight excluding hydrogens is 323 g/mol. The van der Waals surface area contributed by atoms with Gasteiger partial charge in [-0.3, -0.25) is 0 Å². The summed E-state index contributed by atoms with van der Waals surface area (Å²) in [7, 11) is 1.67. The zero-order valence-electron chi connectivity index (χ0n) is 13.3. The summed E-state index contributed by atoms with van der Waals surface area (Å²) in [6.45, 7) is 0. The van der Waals surface area contributed by atoms with Gasteiger partial charge in [0.05, 0.1) is 18.9 Å². The van der Waals surface area contributed by atoms with Gasteiger partial charge in [-0.1, -0.05) is 18.2 Å². The molecule has 2 atom stereocenters. The molecule has 0 amide bonds. The summed E-state index contributed by atoms with van der Waals surface area (Å²) in [5.41, 5.74) is 3.91. The lowest BCUT2D eigenvalue weighted by atomic mass is 9.75. The number of aliphatic imine (C=N–C) groups is 1. The summed E-state index contributed by atoms with van der Waals surface area (Å²) in [6.07, 6.45) is 1.81. The lowest BCUT2D eigenvalue weighted by Gasteiger charge is -2.37. The molecule has 1 heterocycles. The first-order chi connectivity index (χ1) is 11.7. The van der Waals surface area contributed by atoms with Gasteiger partial charge in [0.25, 0.3) is 0 Å². The molecule has 24 heavy (non-hydrogen) atoms. The van der Waals surface area contributed by atoms with Crippen LogP contribution in [0.5, 0.6) is 5.75 Å². The number of methoxy groups -OCH3 is 1. The van der Waals surface area contributed by atoms with Crippen LogP contribution >= 0.6 is 12.2 Å². The Morgan fingerprint density at radius 3 is 2.88 bits per heavy atom. The van der Waals surface area contributed by atoms with Crippen LogP contribution in [0.3, 0.4) is 0 Å². The van der Waals surface area contributed by atoms with E-state index < -0.39 is 0 Å². The molecule has 0 saturated carbocycles. The molecule has 2 aromatic carbocycles. The van der Waals surface area contributed by atoms with Gasteiger partial charge in [-0.2, -0.15) is 0 Å². The van der Waals surface area contributed by atoms with E-state index in [1.807, 2.05) is 24.3 Å². The number of halogens is 1. The highest BCUT2D eigenvalue weighted by atomic mass is 32.1. The number of ether oxygens (including phenoxy) is 1. The van der Waals surface area contributed by atoms with Gasteiger partial charge in [0.2, 0.25) is 0 Å². The molecule has 0 radical (unpaired) electrons. The predicted octanol–water partition coefficient (Wildman–Crippen LogP) is 3.82. The van der Waals surface area contributed by atoms with E-state index in [1.54, 1.807) is 13.2 Å². The molecule has 0 bridgehead atoms. The van der Waals surface area contributed by atoms with Crippen molar-refractivity contribution in [1.82, 2.24) is 5.32 Å². The van der Waals surface area contributed by atoms with Gasteiger partial charge < -0.3 is 10.1 Å². The summed E-state index contributed by atoms with van der Waals surface area (Å²) in [5, 5.41) is 3.62. The number of rotatable bonds is 2. The minimum Gasteiger partial charge on any atom is -0.497 e. The summed E-state index contributed by atoms with van der Waals surface area (Å²) >= 11 is 5.33. The maximum Gasteiger partial charge on any atom is 0.193 e. The Hall–Kier alpha value is -2.27. The number of nitrogens with one attached hydrogen (secondary N) is 1. The molecule has 2 unspecified atom stereocenters. The highest BCUT2D eigenvalue weighted by Crippen LogP contribution is 2.38. The monoisotopic (exact) mass is 340 g/mol. The van der Waals surface area contributed by atoms with E-state index in [2.05, 4.69) is 16.4 Å². The molecule has 4 rings (SSSR count). The first kappa shape index (κ1) is 15.3. The van der Waals surface area contributed by atoms with Gasteiger partial charge in [-0.25, -0.2) is 9.38 Å². The van der Waals surface area contributed by atoms with Gasteiger partial charge in [-0.05, 0) is 60.5 Å². The van der Waals surface area contributed by atoms with E-state index >= 15 is 0 Å². The summed E-state index contributed by atoms with van der Waals surface area (Å²) in [4.78, 5) is 4.58. The average Bonchev–Trinajstić information content (AvgIpc) is 2.60. The lowest BCUT2D eigenvalue weighted by molar-refractivity contribution is 0.412. The van der Waals surface area contributed by atoms with Gasteiger partial charge in [0.15, 0.2) is 5.11 Å². The third-order valence-electron chi connectivity index (χ3n) is 4.81.